The van der Waals surface area contributed by atoms with E-state index in [-0.39, 0.29) is 5.25 Å². The fraction of sp³-hybridized carbons (Fsp3) is 1.00. The van der Waals surface area contributed by atoms with Gasteiger partial charge in [-0.15, -0.1) is 0 Å². The van der Waals surface area contributed by atoms with E-state index in [1.807, 2.05) is 0 Å². The Kier molecular flexibility index (Phi) is 6.31. The molecule has 0 unspecified atom stereocenters. The zero-order valence-corrected chi connectivity index (χ0v) is 10.9. The third-order valence-corrected chi connectivity index (χ3v) is 5.23. The van der Waals surface area contributed by atoms with Crippen molar-refractivity contribution in [1.29, 1.82) is 0 Å². The summed E-state index contributed by atoms with van der Waals surface area (Å²) >= 11 is 0. The van der Waals surface area contributed by atoms with E-state index in [0.29, 0.717) is 31.8 Å². The highest BCUT2D eigenvalue weighted by Gasteiger charge is 2.26. The van der Waals surface area contributed by atoms with Crippen LogP contribution in [0.1, 0.15) is 32.6 Å². The molecule has 0 aromatic heterocycles. The van der Waals surface area contributed by atoms with E-state index >= 15 is 0 Å². The van der Waals surface area contributed by atoms with E-state index in [2.05, 4.69) is 12.2 Å². The quantitative estimate of drug-likeness (QED) is 0.683. The largest absolute Gasteiger partial charge is 0.381 e. The molecule has 1 fully saturated rings. The lowest BCUT2D eigenvalue weighted by molar-refractivity contribution is 0.0983. The summed E-state index contributed by atoms with van der Waals surface area (Å²) in [5, 5.41) is 3.06. The van der Waals surface area contributed by atoms with Crippen LogP contribution < -0.4 is 5.32 Å². The molecular formula is C11H23NO3S. The molecule has 1 aliphatic heterocycles. The minimum atomic E-state index is -2.89. The molecule has 0 aromatic carbocycles. The van der Waals surface area contributed by atoms with Crippen molar-refractivity contribution in [1.82, 2.24) is 5.32 Å². The Morgan fingerprint density at radius 2 is 1.94 bits per heavy atom. The first-order valence-corrected chi connectivity index (χ1v) is 7.88. The fourth-order valence-corrected chi connectivity index (χ4v) is 3.69. The maximum Gasteiger partial charge on any atom is 0.153 e. The van der Waals surface area contributed by atoms with Gasteiger partial charge in [-0.3, -0.25) is 0 Å². The van der Waals surface area contributed by atoms with Gasteiger partial charge in [0.2, 0.25) is 0 Å². The Bertz CT molecular complexity index is 271. The van der Waals surface area contributed by atoms with Crippen LogP contribution in [0.5, 0.6) is 0 Å². The summed E-state index contributed by atoms with van der Waals surface area (Å²) in [7, 11) is -2.89. The normalized spacial score (nSPS) is 18.8. The van der Waals surface area contributed by atoms with E-state index in [1.165, 1.54) is 0 Å². The Morgan fingerprint density at radius 3 is 2.56 bits per heavy atom. The summed E-state index contributed by atoms with van der Waals surface area (Å²) in [6, 6.07) is 0. The van der Waals surface area contributed by atoms with Crippen LogP contribution in [0.4, 0.5) is 0 Å². The van der Waals surface area contributed by atoms with Gasteiger partial charge in [0.1, 0.15) is 0 Å². The zero-order valence-electron chi connectivity index (χ0n) is 10.1. The molecule has 0 radical (unpaired) electrons. The topological polar surface area (TPSA) is 55.4 Å². The number of ether oxygens (including phenoxy) is 1. The first-order chi connectivity index (χ1) is 7.67. The Balaban J connectivity index is 2.22. The third-order valence-electron chi connectivity index (χ3n) is 2.89. The van der Waals surface area contributed by atoms with Gasteiger partial charge in [-0.2, -0.15) is 0 Å². The van der Waals surface area contributed by atoms with Crippen molar-refractivity contribution in [2.24, 2.45) is 0 Å². The van der Waals surface area contributed by atoms with Crippen LogP contribution in [0.15, 0.2) is 0 Å². The van der Waals surface area contributed by atoms with Gasteiger partial charge in [-0.1, -0.05) is 6.92 Å². The van der Waals surface area contributed by atoms with E-state index in [4.69, 9.17) is 4.74 Å². The van der Waals surface area contributed by atoms with Gasteiger partial charge >= 0.3 is 0 Å². The zero-order chi connectivity index (χ0) is 11.9. The second-order valence-corrected chi connectivity index (χ2v) is 6.68. The van der Waals surface area contributed by atoms with Gasteiger partial charge in [0.05, 0.1) is 11.0 Å². The van der Waals surface area contributed by atoms with Gasteiger partial charge in [0.15, 0.2) is 9.84 Å². The van der Waals surface area contributed by atoms with E-state index in [1.54, 1.807) is 0 Å². The van der Waals surface area contributed by atoms with Crippen molar-refractivity contribution in [2.75, 3.05) is 32.1 Å². The van der Waals surface area contributed by atoms with Crippen LogP contribution in [0.25, 0.3) is 0 Å². The summed E-state index contributed by atoms with van der Waals surface area (Å²) in [6.07, 6.45) is 3.15. The van der Waals surface area contributed by atoms with Crippen LogP contribution in [0.3, 0.4) is 0 Å². The maximum absolute atomic E-state index is 11.9. The van der Waals surface area contributed by atoms with Gasteiger partial charge in [-0.05, 0) is 38.8 Å². The van der Waals surface area contributed by atoms with Crippen LogP contribution >= 0.6 is 0 Å². The third kappa shape index (κ3) is 4.80. The summed E-state index contributed by atoms with van der Waals surface area (Å²) < 4.78 is 29.0. The number of rotatable bonds is 7. The number of hydrogen-bond acceptors (Lipinski definition) is 4. The molecule has 0 amide bonds. The van der Waals surface area contributed by atoms with Crippen LogP contribution in [-0.4, -0.2) is 45.7 Å². The molecule has 0 spiro atoms. The van der Waals surface area contributed by atoms with Crippen molar-refractivity contribution < 1.29 is 13.2 Å². The van der Waals surface area contributed by atoms with Crippen molar-refractivity contribution in [3.63, 3.8) is 0 Å². The lowest BCUT2D eigenvalue weighted by atomic mass is 10.2. The molecule has 5 heteroatoms. The second kappa shape index (κ2) is 7.25. The average Bonchev–Trinajstić information content (AvgIpc) is 2.30. The monoisotopic (exact) mass is 249 g/mol. The van der Waals surface area contributed by atoms with E-state index in [9.17, 15) is 8.42 Å². The molecule has 0 bridgehead atoms. The van der Waals surface area contributed by atoms with Crippen molar-refractivity contribution >= 4 is 9.84 Å². The molecule has 16 heavy (non-hydrogen) atoms. The number of hydrogen-bond donors (Lipinski definition) is 1. The van der Waals surface area contributed by atoms with E-state index in [0.717, 1.165) is 25.9 Å². The first-order valence-electron chi connectivity index (χ1n) is 6.17. The molecule has 96 valence electrons. The Morgan fingerprint density at radius 1 is 1.25 bits per heavy atom. The lowest BCUT2D eigenvalue weighted by Gasteiger charge is -2.22. The minimum Gasteiger partial charge on any atom is -0.381 e. The second-order valence-electron chi connectivity index (χ2n) is 4.28. The van der Waals surface area contributed by atoms with Gasteiger partial charge in [-0.25, -0.2) is 8.42 Å². The highest BCUT2D eigenvalue weighted by molar-refractivity contribution is 7.92. The van der Waals surface area contributed by atoms with Gasteiger partial charge in [0, 0.05) is 13.2 Å². The highest BCUT2D eigenvalue weighted by Crippen LogP contribution is 2.16. The predicted molar refractivity (Wildman–Crippen MR) is 65.4 cm³/mol. The lowest BCUT2D eigenvalue weighted by Crippen LogP contribution is -2.31. The molecule has 0 saturated carbocycles. The Hall–Kier alpha value is -0.130. The van der Waals surface area contributed by atoms with Crippen molar-refractivity contribution in [2.45, 2.75) is 37.9 Å². The molecule has 1 saturated heterocycles. The SMILES string of the molecule is CCCNCCCS(=O)(=O)C1CCOCC1. The summed E-state index contributed by atoms with van der Waals surface area (Å²) in [5.41, 5.74) is 0. The molecule has 1 rings (SSSR count). The molecule has 0 aliphatic carbocycles. The van der Waals surface area contributed by atoms with E-state index < -0.39 is 9.84 Å². The van der Waals surface area contributed by atoms with Gasteiger partial charge < -0.3 is 10.1 Å². The standard InChI is InChI=1S/C11H23NO3S/c1-2-6-12-7-3-10-16(13,14)11-4-8-15-9-5-11/h11-12H,2-10H2,1H3. The molecule has 0 atom stereocenters. The predicted octanol–water partition coefficient (Wildman–Crippen LogP) is 0.970. The minimum absolute atomic E-state index is 0.160. The summed E-state index contributed by atoms with van der Waals surface area (Å²) in [6.45, 7) is 5.06. The maximum atomic E-state index is 11.9. The first kappa shape index (κ1) is 13.9. The summed E-state index contributed by atoms with van der Waals surface area (Å²) in [5.74, 6) is 0.314. The van der Waals surface area contributed by atoms with Crippen LogP contribution in [0.2, 0.25) is 0 Å². The van der Waals surface area contributed by atoms with Crippen molar-refractivity contribution in [3.8, 4) is 0 Å². The molecule has 1 heterocycles. The highest BCUT2D eigenvalue weighted by atomic mass is 32.2. The molecule has 0 aromatic rings. The molecule has 4 nitrogen and oxygen atoms in total. The fourth-order valence-electron chi connectivity index (χ4n) is 1.90. The van der Waals surface area contributed by atoms with Crippen LogP contribution in [-0.2, 0) is 14.6 Å². The molecular weight excluding hydrogens is 226 g/mol. The number of sulfone groups is 1. The number of nitrogens with one attached hydrogen (secondary N) is 1. The smallest absolute Gasteiger partial charge is 0.153 e. The summed E-state index contributed by atoms with van der Waals surface area (Å²) in [4.78, 5) is 0. The molecule has 1 N–H and O–H groups in total. The molecule has 1 aliphatic rings. The Labute approximate surface area is 98.7 Å². The van der Waals surface area contributed by atoms with Crippen molar-refractivity contribution in [3.05, 3.63) is 0 Å². The van der Waals surface area contributed by atoms with Gasteiger partial charge in [0.25, 0.3) is 0 Å². The van der Waals surface area contributed by atoms with Crippen LogP contribution in [0, 0.1) is 0 Å². The average molecular weight is 249 g/mol.